The van der Waals surface area contributed by atoms with Gasteiger partial charge in [0.25, 0.3) is 0 Å². The number of carbonyl (C=O) groups is 3. The fraction of sp³-hybridized carbons (Fsp3) is 0.421. The zero-order valence-electron chi connectivity index (χ0n) is 26.3. The van der Waals surface area contributed by atoms with E-state index in [0.717, 1.165) is 37.0 Å². The van der Waals surface area contributed by atoms with E-state index in [1.54, 1.807) is 30.3 Å². The predicted octanol–water partition coefficient (Wildman–Crippen LogP) is 8.84. The standard InChI is InChI=1S/C23H27NO2.C15H18O3/c1-17(18-10-5-3-6-11-18)24-22(19-12-7-4-8-13-19)20-14-9-15-21(16-20)23(25)26-2;1-18-15(17)13-9-5-8-12(10-13)14(16)11-6-3-2-4-7-11/h3,5-6,9-11,14-17,19H,4,7-8,12-13H2,1-2H3;5,8-11H,2-4,6-7H2,1H3/t17-;/m1./s1. The van der Waals surface area contributed by atoms with E-state index in [9.17, 15) is 14.4 Å². The fourth-order valence-corrected chi connectivity index (χ4v) is 6.25. The molecule has 0 saturated heterocycles. The van der Waals surface area contributed by atoms with Gasteiger partial charge in [-0.05, 0) is 68.0 Å². The van der Waals surface area contributed by atoms with Crippen LogP contribution < -0.4 is 0 Å². The van der Waals surface area contributed by atoms with Crippen molar-refractivity contribution in [2.45, 2.75) is 77.2 Å². The van der Waals surface area contributed by atoms with Gasteiger partial charge in [-0.2, -0.15) is 0 Å². The second kappa shape index (κ2) is 16.7. The van der Waals surface area contributed by atoms with E-state index in [2.05, 4.69) is 42.0 Å². The molecule has 0 bridgehead atoms. The Labute approximate surface area is 261 Å². The Balaban J connectivity index is 0.000000215. The van der Waals surface area contributed by atoms with Crippen molar-refractivity contribution in [3.05, 3.63) is 107 Å². The van der Waals surface area contributed by atoms with Crippen LogP contribution in [-0.2, 0) is 9.47 Å². The summed E-state index contributed by atoms with van der Waals surface area (Å²) in [4.78, 5) is 40.8. The number of methoxy groups -OCH3 is 2. The average Bonchev–Trinajstić information content (AvgIpc) is 3.11. The first kappa shape index (κ1) is 32.8. The molecule has 2 fully saturated rings. The highest BCUT2D eigenvalue weighted by Gasteiger charge is 2.24. The van der Waals surface area contributed by atoms with E-state index < -0.39 is 5.97 Å². The maximum Gasteiger partial charge on any atom is 0.337 e. The number of esters is 2. The SMILES string of the molecule is COC(=O)c1cccc(C(=N[C@H](C)c2ccccc2)C2CCCCC2)c1.COC(=O)c1cccc(C(=O)C2CCCCC2)c1. The summed E-state index contributed by atoms with van der Waals surface area (Å²) in [6.07, 6.45) is 11.6. The van der Waals surface area contributed by atoms with E-state index in [1.165, 1.54) is 58.3 Å². The largest absolute Gasteiger partial charge is 0.465 e. The average molecular weight is 596 g/mol. The minimum absolute atomic E-state index is 0.0925. The summed E-state index contributed by atoms with van der Waals surface area (Å²) in [5.74, 6) is 0.0640. The lowest BCUT2D eigenvalue weighted by atomic mass is 9.82. The molecule has 0 amide bonds. The Kier molecular flexibility index (Phi) is 12.5. The molecule has 0 aromatic heterocycles. The second-order valence-electron chi connectivity index (χ2n) is 11.8. The molecule has 0 radical (unpaired) electrons. The molecule has 2 saturated carbocycles. The highest BCUT2D eigenvalue weighted by molar-refractivity contribution is 6.04. The van der Waals surface area contributed by atoms with E-state index >= 15 is 0 Å². The first-order valence-corrected chi connectivity index (χ1v) is 15.9. The van der Waals surface area contributed by atoms with Crippen LogP contribution in [0.1, 0.15) is 119 Å². The molecule has 232 valence electrons. The number of hydrogen-bond donors (Lipinski definition) is 0. The molecular weight excluding hydrogens is 550 g/mol. The van der Waals surface area contributed by atoms with Crippen molar-refractivity contribution in [1.29, 1.82) is 0 Å². The summed E-state index contributed by atoms with van der Waals surface area (Å²) < 4.78 is 9.55. The number of ketones is 1. The zero-order chi connectivity index (χ0) is 31.3. The number of aliphatic imine (C=N–C) groups is 1. The van der Waals surface area contributed by atoms with Crippen LogP contribution in [0.15, 0.2) is 83.9 Å². The Bertz CT molecular complexity index is 1420. The van der Waals surface area contributed by atoms with Crippen molar-refractivity contribution in [2.24, 2.45) is 16.8 Å². The summed E-state index contributed by atoms with van der Waals surface area (Å²) in [5, 5.41) is 0. The van der Waals surface area contributed by atoms with Gasteiger partial charge in [0.05, 0.1) is 31.4 Å². The van der Waals surface area contributed by atoms with Gasteiger partial charge < -0.3 is 9.47 Å². The maximum absolute atomic E-state index is 12.3. The lowest BCUT2D eigenvalue weighted by Gasteiger charge is -2.25. The zero-order valence-corrected chi connectivity index (χ0v) is 26.3. The van der Waals surface area contributed by atoms with Crippen LogP contribution >= 0.6 is 0 Å². The molecule has 44 heavy (non-hydrogen) atoms. The number of carbonyl (C=O) groups excluding carboxylic acids is 3. The topological polar surface area (TPSA) is 82.0 Å². The van der Waals surface area contributed by atoms with Gasteiger partial charge >= 0.3 is 11.9 Å². The summed E-state index contributed by atoms with van der Waals surface area (Å²) >= 11 is 0. The summed E-state index contributed by atoms with van der Waals surface area (Å²) in [6.45, 7) is 2.14. The Morgan fingerprint density at radius 1 is 0.614 bits per heavy atom. The van der Waals surface area contributed by atoms with Gasteiger partial charge in [0, 0.05) is 23.1 Å². The molecule has 0 aliphatic heterocycles. The van der Waals surface area contributed by atoms with Crippen LogP contribution in [0.5, 0.6) is 0 Å². The van der Waals surface area contributed by atoms with Gasteiger partial charge in [0.15, 0.2) is 5.78 Å². The molecule has 2 aliphatic rings. The summed E-state index contributed by atoms with van der Waals surface area (Å²) in [7, 11) is 2.76. The number of nitrogens with zero attached hydrogens (tertiary/aromatic N) is 1. The van der Waals surface area contributed by atoms with Crippen molar-refractivity contribution in [3.8, 4) is 0 Å². The Hall–Kier alpha value is -4.06. The van der Waals surface area contributed by atoms with Gasteiger partial charge in [0.2, 0.25) is 0 Å². The van der Waals surface area contributed by atoms with E-state index in [0.29, 0.717) is 22.6 Å². The van der Waals surface area contributed by atoms with E-state index in [4.69, 9.17) is 9.73 Å². The van der Waals surface area contributed by atoms with Gasteiger partial charge in [-0.15, -0.1) is 0 Å². The third-order valence-corrected chi connectivity index (χ3v) is 8.73. The lowest BCUT2D eigenvalue weighted by Crippen LogP contribution is -2.20. The Morgan fingerprint density at radius 3 is 1.64 bits per heavy atom. The third kappa shape index (κ3) is 8.98. The van der Waals surface area contributed by atoms with Crippen LogP contribution in [0.3, 0.4) is 0 Å². The minimum Gasteiger partial charge on any atom is -0.465 e. The van der Waals surface area contributed by atoms with Crippen molar-refractivity contribution in [1.82, 2.24) is 0 Å². The molecule has 2 aliphatic carbocycles. The van der Waals surface area contributed by atoms with E-state index in [1.807, 2.05) is 18.2 Å². The highest BCUT2D eigenvalue weighted by atomic mass is 16.5. The normalized spacial score (nSPS) is 16.7. The first-order valence-electron chi connectivity index (χ1n) is 15.9. The van der Waals surface area contributed by atoms with Crippen LogP contribution in [0, 0.1) is 11.8 Å². The number of ether oxygens (including phenoxy) is 2. The second-order valence-corrected chi connectivity index (χ2v) is 11.8. The quantitative estimate of drug-likeness (QED) is 0.148. The molecule has 6 nitrogen and oxygen atoms in total. The minimum atomic E-state index is -0.395. The molecular formula is C38H45NO5. The lowest BCUT2D eigenvalue weighted by molar-refractivity contribution is 0.0591. The van der Waals surface area contributed by atoms with Gasteiger partial charge in [-0.25, -0.2) is 9.59 Å². The molecule has 5 rings (SSSR count). The van der Waals surface area contributed by atoms with Crippen molar-refractivity contribution < 1.29 is 23.9 Å². The van der Waals surface area contributed by atoms with Gasteiger partial charge in [0.1, 0.15) is 0 Å². The van der Waals surface area contributed by atoms with Gasteiger partial charge in [-0.3, -0.25) is 9.79 Å². The van der Waals surface area contributed by atoms with Crippen molar-refractivity contribution in [3.63, 3.8) is 0 Å². The molecule has 0 N–H and O–H groups in total. The molecule has 6 heteroatoms. The predicted molar refractivity (Wildman–Crippen MR) is 174 cm³/mol. The number of rotatable bonds is 8. The molecule has 3 aromatic carbocycles. The first-order chi connectivity index (χ1) is 21.4. The van der Waals surface area contributed by atoms with Crippen LogP contribution in [0.4, 0.5) is 0 Å². The molecule has 0 spiro atoms. The number of benzene rings is 3. The van der Waals surface area contributed by atoms with Crippen LogP contribution in [0.2, 0.25) is 0 Å². The molecule has 3 aromatic rings. The molecule has 0 heterocycles. The Morgan fingerprint density at radius 2 is 1.09 bits per heavy atom. The molecule has 0 unspecified atom stereocenters. The number of Topliss-reactive ketones (excluding diaryl/α,β-unsaturated/α-hetero) is 1. The van der Waals surface area contributed by atoms with Crippen LogP contribution in [-0.4, -0.2) is 37.7 Å². The van der Waals surface area contributed by atoms with E-state index in [-0.39, 0.29) is 23.7 Å². The monoisotopic (exact) mass is 595 g/mol. The number of hydrogen-bond acceptors (Lipinski definition) is 6. The van der Waals surface area contributed by atoms with Crippen molar-refractivity contribution in [2.75, 3.05) is 14.2 Å². The third-order valence-electron chi connectivity index (χ3n) is 8.73. The van der Waals surface area contributed by atoms with Crippen molar-refractivity contribution >= 4 is 23.4 Å². The fourth-order valence-electron chi connectivity index (χ4n) is 6.25. The smallest absolute Gasteiger partial charge is 0.337 e. The summed E-state index contributed by atoms with van der Waals surface area (Å²) in [5.41, 5.74) is 5.05. The highest BCUT2D eigenvalue weighted by Crippen LogP contribution is 2.30. The maximum atomic E-state index is 12.3. The van der Waals surface area contributed by atoms with Crippen LogP contribution in [0.25, 0.3) is 0 Å². The summed E-state index contributed by atoms with van der Waals surface area (Å²) in [6, 6.07) is 25.0. The molecule has 1 atom stereocenters. The van der Waals surface area contributed by atoms with Gasteiger partial charge in [-0.1, -0.05) is 93.1 Å².